The Morgan fingerprint density at radius 2 is 2.19 bits per heavy atom. The molecule has 0 saturated carbocycles. The average Bonchev–Trinajstić information content (AvgIpc) is 2.59. The normalized spacial score (nSPS) is 12.1. The lowest BCUT2D eigenvalue weighted by Crippen LogP contribution is -2.13. The van der Waals surface area contributed by atoms with Gasteiger partial charge >= 0.3 is 0 Å². The molecule has 0 fully saturated rings. The zero-order chi connectivity index (χ0) is 11.9. The second-order valence-corrected chi connectivity index (χ2v) is 6.47. The molecule has 0 saturated heterocycles. The summed E-state index contributed by atoms with van der Waals surface area (Å²) < 4.78 is 22.6. The first-order valence-corrected chi connectivity index (χ1v) is 7.35. The lowest BCUT2D eigenvalue weighted by atomic mass is 10.3. The summed E-state index contributed by atoms with van der Waals surface area (Å²) in [4.78, 5) is 19.3. The Hall–Kier alpha value is -1.21. The first-order chi connectivity index (χ1) is 7.41. The third-order valence-electron chi connectivity index (χ3n) is 2.13. The van der Waals surface area contributed by atoms with Crippen molar-refractivity contribution in [2.45, 2.75) is 18.5 Å². The van der Waals surface area contributed by atoms with E-state index in [2.05, 4.69) is 9.97 Å². The molecule has 2 heterocycles. The number of fused-ring (bicyclic) bond motifs is 1. The number of H-pyrrole nitrogens is 1. The van der Waals surface area contributed by atoms with Crippen molar-refractivity contribution < 1.29 is 8.42 Å². The first-order valence-electron chi connectivity index (χ1n) is 4.64. The standard InChI is InChI=1S/C9H10N2O3S2/c1-3-5-4-6-7(12)10-9(16(2,13)14)11-8(6)15-5/h4H,3H2,1-2H3,(H,10,11,12). The van der Waals surface area contributed by atoms with E-state index in [9.17, 15) is 13.2 Å². The Labute approximate surface area is 96.1 Å². The van der Waals surface area contributed by atoms with Crippen LogP contribution in [0.4, 0.5) is 0 Å². The van der Waals surface area contributed by atoms with Crippen LogP contribution in [0.15, 0.2) is 16.0 Å². The molecule has 16 heavy (non-hydrogen) atoms. The van der Waals surface area contributed by atoms with Crippen LogP contribution in [0, 0.1) is 0 Å². The summed E-state index contributed by atoms with van der Waals surface area (Å²) in [7, 11) is -3.47. The molecule has 86 valence electrons. The molecular weight excluding hydrogens is 248 g/mol. The smallest absolute Gasteiger partial charge is 0.260 e. The number of hydrogen-bond acceptors (Lipinski definition) is 5. The van der Waals surface area contributed by atoms with Gasteiger partial charge in [-0.2, -0.15) is 0 Å². The highest BCUT2D eigenvalue weighted by atomic mass is 32.2. The third kappa shape index (κ3) is 1.88. The fraction of sp³-hybridized carbons (Fsp3) is 0.333. The molecule has 2 aromatic rings. The predicted octanol–water partition coefficient (Wildman–Crippen LogP) is 0.950. The van der Waals surface area contributed by atoms with Crippen LogP contribution >= 0.6 is 11.3 Å². The van der Waals surface area contributed by atoms with Crippen molar-refractivity contribution in [1.29, 1.82) is 0 Å². The molecule has 0 aliphatic rings. The van der Waals surface area contributed by atoms with E-state index in [1.54, 1.807) is 6.07 Å². The molecule has 0 amide bonds. The number of thiophene rings is 1. The number of rotatable bonds is 2. The van der Waals surface area contributed by atoms with Crippen LogP contribution in [0.5, 0.6) is 0 Å². The lowest BCUT2D eigenvalue weighted by molar-refractivity contribution is 0.593. The maximum absolute atomic E-state index is 11.6. The number of aromatic nitrogens is 2. The number of aromatic amines is 1. The summed E-state index contributed by atoms with van der Waals surface area (Å²) in [6.45, 7) is 1.97. The molecule has 0 spiro atoms. The fourth-order valence-electron chi connectivity index (χ4n) is 1.31. The van der Waals surface area contributed by atoms with E-state index in [-0.39, 0.29) is 5.16 Å². The Kier molecular flexibility index (Phi) is 2.59. The Morgan fingerprint density at radius 3 is 2.75 bits per heavy atom. The van der Waals surface area contributed by atoms with Gasteiger partial charge in [-0.3, -0.25) is 9.78 Å². The molecule has 0 aliphatic carbocycles. The largest absolute Gasteiger partial charge is 0.297 e. The molecular formula is C9H10N2O3S2. The summed E-state index contributed by atoms with van der Waals surface area (Å²) in [5.41, 5.74) is -0.402. The predicted molar refractivity (Wildman–Crippen MR) is 62.7 cm³/mol. The van der Waals surface area contributed by atoms with Gasteiger partial charge < -0.3 is 0 Å². The fourth-order valence-corrected chi connectivity index (χ4v) is 2.87. The second-order valence-electron chi connectivity index (χ2n) is 3.43. The van der Waals surface area contributed by atoms with Crippen molar-refractivity contribution in [3.05, 3.63) is 21.3 Å². The molecule has 0 atom stereocenters. The monoisotopic (exact) mass is 258 g/mol. The van der Waals surface area contributed by atoms with Crippen LogP contribution < -0.4 is 5.56 Å². The highest BCUT2D eigenvalue weighted by Gasteiger charge is 2.14. The van der Waals surface area contributed by atoms with Crippen LogP contribution in [0.25, 0.3) is 10.2 Å². The van der Waals surface area contributed by atoms with Crippen molar-refractivity contribution in [1.82, 2.24) is 9.97 Å². The van der Waals surface area contributed by atoms with Crippen LogP contribution in [0.2, 0.25) is 0 Å². The molecule has 0 bridgehead atoms. The summed E-state index contributed by atoms with van der Waals surface area (Å²) >= 11 is 1.35. The van der Waals surface area contributed by atoms with E-state index < -0.39 is 15.4 Å². The topological polar surface area (TPSA) is 79.9 Å². The maximum atomic E-state index is 11.6. The van der Waals surface area contributed by atoms with Crippen molar-refractivity contribution >= 4 is 31.4 Å². The van der Waals surface area contributed by atoms with E-state index in [1.807, 2.05) is 6.92 Å². The van der Waals surface area contributed by atoms with Gasteiger partial charge in [0.1, 0.15) is 4.83 Å². The maximum Gasteiger partial charge on any atom is 0.260 e. The summed E-state index contributed by atoms with van der Waals surface area (Å²) in [6, 6.07) is 1.75. The van der Waals surface area contributed by atoms with Crippen molar-refractivity contribution in [2.75, 3.05) is 6.26 Å². The zero-order valence-electron chi connectivity index (χ0n) is 8.77. The van der Waals surface area contributed by atoms with E-state index in [4.69, 9.17) is 0 Å². The summed E-state index contributed by atoms with van der Waals surface area (Å²) in [6.07, 6.45) is 1.82. The molecule has 0 radical (unpaired) electrons. The van der Waals surface area contributed by atoms with Gasteiger partial charge in [-0.25, -0.2) is 13.4 Å². The molecule has 1 N–H and O–H groups in total. The summed E-state index contributed by atoms with van der Waals surface area (Å²) in [5.74, 6) is 0. The van der Waals surface area contributed by atoms with E-state index in [0.29, 0.717) is 10.2 Å². The van der Waals surface area contributed by atoms with Gasteiger partial charge in [0.05, 0.1) is 5.39 Å². The molecule has 2 aromatic heterocycles. The number of hydrogen-bond donors (Lipinski definition) is 1. The lowest BCUT2D eigenvalue weighted by Gasteiger charge is -1.95. The van der Waals surface area contributed by atoms with Crippen molar-refractivity contribution in [3.8, 4) is 0 Å². The quantitative estimate of drug-likeness (QED) is 0.813. The highest BCUT2D eigenvalue weighted by Crippen LogP contribution is 2.21. The van der Waals surface area contributed by atoms with Crippen molar-refractivity contribution in [3.63, 3.8) is 0 Å². The van der Waals surface area contributed by atoms with Crippen LogP contribution in [-0.4, -0.2) is 24.6 Å². The zero-order valence-corrected chi connectivity index (χ0v) is 10.4. The Balaban J connectivity index is 2.82. The van der Waals surface area contributed by atoms with Gasteiger partial charge in [0.25, 0.3) is 5.56 Å². The Bertz CT molecular complexity index is 697. The van der Waals surface area contributed by atoms with E-state index in [1.165, 1.54) is 11.3 Å². The number of aryl methyl sites for hydroxylation is 1. The minimum atomic E-state index is -3.47. The van der Waals surface area contributed by atoms with E-state index >= 15 is 0 Å². The van der Waals surface area contributed by atoms with Gasteiger partial charge in [0, 0.05) is 11.1 Å². The van der Waals surface area contributed by atoms with Gasteiger partial charge in [-0.15, -0.1) is 11.3 Å². The molecule has 5 nitrogen and oxygen atoms in total. The van der Waals surface area contributed by atoms with Crippen LogP contribution in [0.3, 0.4) is 0 Å². The molecule has 0 aliphatic heterocycles. The first kappa shape index (κ1) is 11.3. The number of nitrogens with one attached hydrogen (secondary N) is 1. The Morgan fingerprint density at radius 1 is 1.50 bits per heavy atom. The number of nitrogens with zero attached hydrogens (tertiary/aromatic N) is 1. The molecule has 7 heteroatoms. The number of sulfone groups is 1. The van der Waals surface area contributed by atoms with Crippen LogP contribution in [0.1, 0.15) is 11.8 Å². The highest BCUT2D eigenvalue weighted by molar-refractivity contribution is 7.90. The molecule has 0 aromatic carbocycles. The molecule has 0 unspecified atom stereocenters. The van der Waals surface area contributed by atoms with E-state index in [0.717, 1.165) is 17.6 Å². The minimum Gasteiger partial charge on any atom is -0.297 e. The van der Waals surface area contributed by atoms with Gasteiger partial charge in [-0.05, 0) is 12.5 Å². The third-order valence-corrected chi connectivity index (χ3v) is 4.20. The second kappa shape index (κ2) is 3.67. The van der Waals surface area contributed by atoms with Crippen LogP contribution in [-0.2, 0) is 16.3 Å². The summed E-state index contributed by atoms with van der Waals surface area (Å²) in [5, 5.41) is 0.184. The van der Waals surface area contributed by atoms with Crippen molar-refractivity contribution in [2.24, 2.45) is 0 Å². The van der Waals surface area contributed by atoms with Gasteiger partial charge in [0.2, 0.25) is 15.0 Å². The van der Waals surface area contributed by atoms with Gasteiger partial charge in [-0.1, -0.05) is 6.92 Å². The molecule has 2 rings (SSSR count). The van der Waals surface area contributed by atoms with Gasteiger partial charge in [0.15, 0.2) is 0 Å². The average molecular weight is 258 g/mol. The SMILES string of the molecule is CCc1cc2c(=O)[nH]c(S(C)(=O)=O)nc2s1. The minimum absolute atomic E-state index is 0.269.